The SMILES string of the molecule is CC(C)(C)NC(=O)CCNc1ncc(C#N)cc1N. The van der Waals surface area contributed by atoms with Crippen LogP contribution < -0.4 is 16.4 Å². The standard InChI is InChI=1S/C13H19N5O/c1-13(2,3)18-11(19)4-5-16-12-10(15)6-9(7-14)8-17-12/h6,8H,4-5,15H2,1-3H3,(H,16,17)(H,18,19). The third-order valence-corrected chi connectivity index (χ3v) is 2.21. The topological polar surface area (TPSA) is 104 Å². The summed E-state index contributed by atoms with van der Waals surface area (Å²) >= 11 is 0. The minimum Gasteiger partial charge on any atom is -0.396 e. The zero-order chi connectivity index (χ0) is 14.5. The molecule has 0 aliphatic heterocycles. The van der Waals surface area contributed by atoms with Crippen molar-refractivity contribution in [3.05, 3.63) is 17.8 Å². The zero-order valence-electron chi connectivity index (χ0n) is 11.4. The Balaban J connectivity index is 2.46. The van der Waals surface area contributed by atoms with E-state index in [1.165, 1.54) is 6.20 Å². The zero-order valence-corrected chi connectivity index (χ0v) is 11.4. The van der Waals surface area contributed by atoms with Crippen LogP contribution in [0.15, 0.2) is 12.3 Å². The fourth-order valence-electron chi connectivity index (χ4n) is 1.47. The number of pyridine rings is 1. The molecule has 0 saturated carbocycles. The lowest BCUT2D eigenvalue weighted by Gasteiger charge is -2.20. The van der Waals surface area contributed by atoms with Crippen molar-refractivity contribution in [3.63, 3.8) is 0 Å². The summed E-state index contributed by atoms with van der Waals surface area (Å²) in [6.45, 7) is 6.22. The summed E-state index contributed by atoms with van der Waals surface area (Å²) in [5.41, 5.74) is 6.31. The first kappa shape index (κ1) is 14.8. The average Bonchev–Trinajstić information content (AvgIpc) is 2.28. The van der Waals surface area contributed by atoms with E-state index < -0.39 is 0 Å². The predicted molar refractivity (Wildman–Crippen MR) is 74.4 cm³/mol. The highest BCUT2D eigenvalue weighted by atomic mass is 16.1. The number of nitrogen functional groups attached to an aromatic ring is 1. The minimum absolute atomic E-state index is 0.0350. The molecule has 102 valence electrons. The molecular formula is C13H19N5O. The molecule has 1 aromatic heterocycles. The summed E-state index contributed by atoms with van der Waals surface area (Å²) in [7, 11) is 0. The minimum atomic E-state index is -0.233. The Kier molecular flexibility index (Phi) is 4.70. The molecule has 0 fully saturated rings. The number of nitrogens with zero attached hydrogens (tertiary/aromatic N) is 2. The van der Waals surface area contributed by atoms with E-state index in [9.17, 15) is 4.79 Å². The second kappa shape index (κ2) is 6.05. The van der Waals surface area contributed by atoms with Gasteiger partial charge in [0.1, 0.15) is 11.9 Å². The summed E-state index contributed by atoms with van der Waals surface area (Å²) in [5.74, 6) is 0.453. The molecule has 0 aliphatic rings. The van der Waals surface area contributed by atoms with Gasteiger partial charge in [-0.15, -0.1) is 0 Å². The van der Waals surface area contributed by atoms with Crippen LogP contribution in [0.1, 0.15) is 32.8 Å². The van der Waals surface area contributed by atoms with Crippen LogP contribution in [0.2, 0.25) is 0 Å². The van der Waals surface area contributed by atoms with E-state index in [4.69, 9.17) is 11.0 Å². The molecule has 1 aromatic rings. The van der Waals surface area contributed by atoms with Crippen LogP contribution in [0.5, 0.6) is 0 Å². The highest BCUT2D eigenvalue weighted by Gasteiger charge is 2.13. The molecule has 1 heterocycles. The van der Waals surface area contributed by atoms with Gasteiger partial charge in [-0.05, 0) is 26.8 Å². The lowest BCUT2D eigenvalue weighted by Crippen LogP contribution is -2.41. The van der Waals surface area contributed by atoms with Crippen LogP contribution in [-0.4, -0.2) is 23.0 Å². The normalized spacial score (nSPS) is 10.6. The molecule has 0 atom stereocenters. The van der Waals surface area contributed by atoms with E-state index in [-0.39, 0.29) is 11.4 Å². The maximum atomic E-state index is 11.6. The number of rotatable bonds is 4. The monoisotopic (exact) mass is 261 g/mol. The number of nitriles is 1. The van der Waals surface area contributed by atoms with Crippen molar-refractivity contribution >= 4 is 17.4 Å². The first-order chi connectivity index (χ1) is 8.81. The first-order valence-corrected chi connectivity index (χ1v) is 6.02. The quantitative estimate of drug-likeness (QED) is 0.756. The molecule has 0 spiro atoms. The van der Waals surface area contributed by atoms with Crippen molar-refractivity contribution in [1.82, 2.24) is 10.3 Å². The van der Waals surface area contributed by atoms with Crippen molar-refractivity contribution in [3.8, 4) is 6.07 Å². The molecule has 0 bridgehead atoms. The third kappa shape index (κ3) is 5.25. The molecule has 6 heteroatoms. The second-order valence-corrected chi connectivity index (χ2v) is 5.25. The smallest absolute Gasteiger partial charge is 0.222 e. The van der Waals surface area contributed by atoms with Gasteiger partial charge in [0.05, 0.1) is 11.3 Å². The van der Waals surface area contributed by atoms with Gasteiger partial charge in [0.25, 0.3) is 0 Å². The van der Waals surface area contributed by atoms with Gasteiger partial charge < -0.3 is 16.4 Å². The first-order valence-electron chi connectivity index (χ1n) is 6.02. The van der Waals surface area contributed by atoms with Crippen LogP contribution in [0, 0.1) is 11.3 Å². The van der Waals surface area contributed by atoms with Crippen molar-refractivity contribution in [2.24, 2.45) is 0 Å². The Morgan fingerprint density at radius 3 is 2.74 bits per heavy atom. The maximum absolute atomic E-state index is 11.6. The third-order valence-electron chi connectivity index (χ3n) is 2.21. The maximum Gasteiger partial charge on any atom is 0.222 e. The largest absolute Gasteiger partial charge is 0.396 e. The van der Waals surface area contributed by atoms with E-state index in [2.05, 4.69) is 15.6 Å². The number of carbonyl (C=O) groups excluding carboxylic acids is 1. The molecule has 0 saturated heterocycles. The van der Waals surface area contributed by atoms with Crippen LogP contribution in [0.4, 0.5) is 11.5 Å². The molecule has 0 radical (unpaired) electrons. The van der Waals surface area contributed by atoms with Gasteiger partial charge in [-0.3, -0.25) is 4.79 Å². The van der Waals surface area contributed by atoms with Crippen LogP contribution >= 0.6 is 0 Å². The van der Waals surface area contributed by atoms with Crippen LogP contribution in [-0.2, 0) is 4.79 Å². The molecule has 4 N–H and O–H groups in total. The van der Waals surface area contributed by atoms with Gasteiger partial charge in [-0.25, -0.2) is 4.98 Å². The number of hydrogen-bond donors (Lipinski definition) is 3. The van der Waals surface area contributed by atoms with Crippen molar-refractivity contribution in [1.29, 1.82) is 5.26 Å². The second-order valence-electron chi connectivity index (χ2n) is 5.25. The number of amides is 1. The molecule has 1 rings (SSSR count). The van der Waals surface area contributed by atoms with E-state index in [0.29, 0.717) is 30.0 Å². The number of anilines is 2. The van der Waals surface area contributed by atoms with Crippen molar-refractivity contribution in [2.75, 3.05) is 17.6 Å². The summed E-state index contributed by atoms with van der Waals surface area (Å²) in [6.07, 6.45) is 1.77. The number of hydrogen-bond acceptors (Lipinski definition) is 5. The Labute approximate surface area is 113 Å². The van der Waals surface area contributed by atoms with Gasteiger partial charge in [-0.2, -0.15) is 5.26 Å². The number of nitrogens with two attached hydrogens (primary N) is 1. The molecule has 0 aliphatic carbocycles. The van der Waals surface area contributed by atoms with Crippen LogP contribution in [0.25, 0.3) is 0 Å². The predicted octanol–water partition coefficient (Wildman–Crippen LogP) is 1.25. The number of carbonyl (C=O) groups is 1. The fourth-order valence-corrected chi connectivity index (χ4v) is 1.47. The average molecular weight is 261 g/mol. The lowest BCUT2D eigenvalue weighted by molar-refractivity contribution is -0.122. The van der Waals surface area contributed by atoms with Gasteiger partial charge in [0.2, 0.25) is 5.91 Å². The van der Waals surface area contributed by atoms with Crippen molar-refractivity contribution in [2.45, 2.75) is 32.7 Å². The van der Waals surface area contributed by atoms with Gasteiger partial charge in [-0.1, -0.05) is 0 Å². The summed E-state index contributed by atoms with van der Waals surface area (Å²) in [5, 5.41) is 14.5. The number of aromatic nitrogens is 1. The van der Waals surface area contributed by atoms with Gasteiger partial charge in [0.15, 0.2) is 0 Å². The number of nitrogens with one attached hydrogen (secondary N) is 2. The Morgan fingerprint density at radius 1 is 1.53 bits per heavy atom. The van der Waals surface area contributed by atoms with Crippen LogP contribution in [0.3, 0.4) is 0 Å². The molecular weight excluding hydrogens is 242 g/mol. The lowest BCUT2D eigenvalue weighted by atomic mass is 10.1. The van der Waals surface area contributed by atoms with E-state index >= 15 is 0 Å². The van der Waals surface area contributed by atoms with Gasteiger partial charge in [0, 0.05) is 24.7 Å². The summed E-state index contributed by atoms with van der Waals surface area (Å²) in [4.78, 5) is 15.6. The van der Waals surface area contributed by atoms with Gasteiger partial charge >= 0.3 is 0 Å². The molecule has 0 aromatic carbocycles. The Hall–Kier alpha value is -2.29. The molecule has 0 unspecified atom stereocenters. The van der Waals surface area contributed by atoms with E-state index in [1.54, 1.807) is 6.07 Å². The molecule has 6 nitrogen and oxygen atoms in total. The Morgan fingerprint density at radius 2 is 2.21 bits per heavy atom. The molecule has 19 heavy (non-hydrogen) atoms. The summed E-state index contributed by atoms with van der Waals surface area (Å²) < 4.78 is 0. The summed E-state index contributed by atoms with van der Waals surface area (Å²) in [6, 6.07) is 3.51. The highest BCUT2D eigenvalue weighted by molar-refractivity contribution is 5.77. The Bertz CT molecular complexity index is 499. The van der Waals surface area contributed by atoms with Crippen molar-refractivity contribution < 1.29 is 4.79 Å². The highest BCUT2D eigenvalue weighted by Crippen LogP contribution is 2.15. The van der Waals surface area contributed by atoms with E-state index in [1.807, 2.05) is 26.8 Å². The fraction of sp³-hybridized carbons (Fsp3) is 0.462. The van der Waals surface area contributed by atoms with E-state index in [0.717, 1.165) is 0 Å². The molecule has 1 amide bonds.